The number of anilines is 1. The maximum absolute atomic E-state index is 16.7. The SMILES string of the molecule is Oc1cc(-c2ccc3c(N4CC5CCC(C4)N5)nc(OCC4(CN5CC6OCCOC6C5)CC4)nc3c2F)c2c(F)c(F)ccc2c1. The van der Waals surface area contributed by atoms with Gasteiger partial charge in [-0.05, 0) is 60.9 Å². The molecule has 2 bridgehead atoms. The zero-order valence-electron chi connectivity index (χ0n) is 25.9. The molecule has 47 heavy (non-hydrogen) atoms. The lowest BCUT2D eigenvalue weighted by Gasteiger charge is -2.34. The first-order chi connectivity index (χ1) is 22.8. The van der Waals surface area contributed by atoms with Gasteiger partial charge in [-0.2, -0.15) is 9.97 Å². The Kier molecular flexibility index (Phi) is 7.00. The molecule has 5 fully saturated rings. The van der Waals surface area contributed by atoms with Crippen LogP contribution < -0.4 is 15.0 Å². The van der Waals surface area contributed by atoms with Gasteiger partial charge in [-0.25, -0.2) is 13.2 Å². The number of phenols is 1. The van der Waals surface area contributed by atoms with Crippen molar-refractivity contribution in [2.24, 2.45) is 5.41 Å². The molecule has 4 aromatic rings. The zero-order valence-corrected chi connectivity index (χ0v) is 25.9. The number of nitrogens with zero attached hydrogens (tertiary/aromatic N) is 4. The number of fused-ring (bicyclic) bond motifs is 5. The molecular formula is C35H36F3N5O4. The molecule has 1 saturated carbocycles. The highest BCUT2D eigenvalue weighted by Crippen LogP contribution is 2.47. The molecule has 3 aromatic carbocycles. The second kappa shape index (κ2) is 11.2. The topological polar surface area (TPSA) is 92.2 Å². The van der Waals surface area contributed by atoms with Crippen LogP contribution in [0.1, 0.15) is 25.7 Å². The van der Waals surface area contributed by atoms with Crippen molar-refractivity contribution < 1.29 is 32.5 Å². The Balaban J connectivity index is 1.08. The van der Waals surface area contributed by atoms with E-state index in [4.69, 9.17) is 19.2 Å². The molecule has 0 radical (unpaired) electrons. The summed E-state index contributed by atoms with van der Waals surface area (Å²) in [5, 5.41) is 14.7. The number of benzene rings is 3. The Morgan fingerprint density at radius 3 is 2.36 bits per heavy atom. The van der Waals surface area contributed by atoms with Crippen LogP contribution in [0.4, 0.5) is 19.0 Å². The third-order valence-electron chi connectivity index (χ3n) is 10.6. The fraction of sp³-hybridized carbons (Fsp3) is 0.486. The van der Waals surface area contributed by atoms with Crippen LogP contribution in [0.2, 0.25) is 0 Å². The molecule has 1 aliphatic carbocycles. The number of rotatable bonds is 7. The smallest absolute Gasteiger partial charge is 0.319 e. The summed E-state index contributed by atoms with van der Waals surface area (Å²) < 4.78 is 64.4. The van der Waals surface area contributed by atoms with Crippen molar-refractivity contribution in [3.05, 3.63) is 53.8 Å². The Bertz CT molecular complexity index is 1860. The Hall–Kier alpha value is -3.71. The average molecular weight is 648 g/mol. The van der Waals surface area contributed by atoms with Crippen LogP contribution in [-0.2, 0) is 9.47 Å². The van der Waals surface area contributed by atoms with E-state index >= 15 is 8.78 Å². The number of nitrogens with one attached hydrogen (secondary N) is 1. The van der Waals surface area contributed by atoms with Gasteiger partial charge in [0.25, 0.3) is 0 Å². The van der Waals surface area contributed by atoms with Crippen LogP contribution in [0.25, 0.3) is 32.8 Å². The van der Waals surface area contributed by atoms with E-state index < -0.39 is 17.5 Å². The van der Waals surface area contributed by atoms with E-state index in [0.717, 1.165) is 64.5 Å². The summed E-state index contributed by atoms with van der Waals surface area (Å²) in [4.78, 5) is 14.0. The maximum Gasteiger partial charge on any atom is 0.319 e. The van der Waals surface area contributed by atoms with Crippen molar-refractivity contribution in [1.82, 2.24) is 20.2 Å². The molecule has 4 atom stereocenters. The fourth-order valence-corrected chi connectivity index (χ4v) is 8.09. The molecule has 4 unspecified atom stereocenters. The summed E-state index contributed by atoms with van der Waals surface area (Å²) in [5.74, 6) is -2.47. The van der Waals surface area contributed by atoms with Crippen LogP contribution in [-0.4, -0.2) is 96.8 Å². The van der Waals surface area contributed by atoms with Crippen molar-refractivity contribution in [3.8, 4) is 22.9 Å². The lowest BCUT2D eigenvalue weighted by molar-refractivity contribution is -0.116. The van der Waals surface area contributed by atoms with E-state index in [1.165, 1.54) is 24.3 Å². The minimum atomic E-state index is -1.11. The van der Waals surface area contributed by atoms with Gasteiger partial charge in [0.2, 0.25) is 0 Å². The number of halogens is 3. The van der Waals surface area contributed by atoms with Crippen molar-refractivity contribution in [1.29, 1.82) is 0 Å². The minimum absolute atomic E-state index is 0.00233. The normalized spacial score (nSPS) is 26.7. The Morgan fingerprint density at radius 2 is 1.64 bits per heavy atom. The molecule has 5 aliphatic rings. The van der Waals surface area contributed by atoms with Crippen LogP contribution in [0, 0.1) is 22.9 Å². The summed E-state index contributed by atoms with van der Waals surface area (Å²) >= 11 is 0. The van der Waals surface area contributed by atoms with E-state index in [1.54, 1.807) is 6.07 Å². The monoisotopic (exact) mass is 647 g/mol. The van der Waals surface area contributed by atoms with Gasteiger partial charge >= 0.3 is 6.01 Å². The molecule has 4 aliphatic heterocycles. The van der Waals surface area contributed by atoms with Crippen molar-refractivity contribution in [2.45, 2.75) is 50.0 Å². The Labute approximate surface area is 269 Å². The van der Waals surface area contributed by atoms with Gasteiger partial charge in [0, 0.05) is 66.6 Å². The molecule has 9 nitrogen and oxygen atoms in total. The quantitative estimate of drug-likeness (QED) is 0.294. The van der Waals surface area contributed by atoms with Crippen LogP contribution in [0.5, 0.6) is 11.8 Å². The molecule has 5 heterocycles. The minimum Gasteiger partial charge on any atom is -0.508 e. The average Bonchev–Trinajstić information content (AvgIpc) is 3.57. The maximum atomic E-state index is 16.7. The highest BCUT2D eigenvalue weighted by Gasteiger charge is 2.48. The number of aromatic hydroxyl groups is 1. The van der Waals surface area contributed by atoms with Crippen molar-refractivity contribution in [3.63, 3.8) is 0 Å². The molecule has 0 spiro atoms. The summed E-state index contributed by atoms with van der Waals surface area (Å²) in [6.45, 7) is 5.60. The number of aromatic nitrogens is 2. The van der Waals surface area contributed by atoms with E-state index in [1.807, 2.05) is 0 Å². The molecule has 4 saturated heterocycles. The third kappa shape index (κ3) is 5.26. The molecule has 0 amide bonds. The van der Waals surface area contributed by atoms with Gasteiger partial charge < -0.3 is 29.5 Å². The predicted octanol–water partition coefficient (Wildman–Crippen LogP) is 4.77. The van der Waals surface area contributed by atoms with Crippen molar-refractivity contribution in [2.75, 3.05) is 57.4 Å². The van der Waals surface area contributed by atoms with Gasteiger partial charge in [0.15, 0.2) is 17.5 Å². The number of likely N-dealkylation sites (tertiary alicyclic amines) is 1. The first kappa shape index (κ1) is 29.4. The molecule has 12 heteroatoms. The third-order valence-corrected chi connectivity index (χ3v) is 10.6. The zero-order chi connectivity index (χ0) is 31.9. The highest BCUT2D eigenvalue weighted by atomic mass is 19.2. The summed E-state index contributed by atoms with van der Waals surface area (Å²) in [6, 6.07) is 8.91. The summed E-state index contributed by atoms with van der Waals surface area (Å²) in [7, 11) is 0. The fourth-order valence-electron chi connectivity index (χ4n) is 8.09. The molecule has 246 valence electrons. The summed E-state index contributed by atoms with van der Waals surface area (Å²) in [5.41, 5.74) is 0.0139. The first-order valence-electron chi connectivity index (χ1n) is 16.5. The second-order valence-corrected chi connectivity index (χ2v) is 13.9. The molecular weight excluding hydrogens is 611 g/mol. The standard InChI is InChI=1S/C35H36F3N5O4/c36-26-6-1-19-11-22(44)12-25(29(19)31(26)38)23-4-5-24-32(30(23)37)40-34(41-33(24)43-13-20-2-3-21(14-43)39-20)47-18-35(7-8-35)17-42-15-27-28(16-42)46-10-9-45-27/h1,4-6,11-12,20-21,27-28,39,44H,2-3,7-10,13-18H2. The highest BCUT2D eigenvalue weighted by molar-refractivity contribution is 6.01. The number of hydrogen-bond donors (Lipinski definition) is 2. The second-order valence-electron chi connectivity index (χ2n) is 13.9. The first-order valence-corrected chi connectivity index (χ1v) is 16.5. The number of phenolic OH excluding ortho intramolecular Hbond substituents is 1. The van der Waals surface area contributed by atoms with E-state index in [2.05, 4.69) is 20.1 Å². The molecule has 9 rings (SSSR count). The summed E-state index contributed by atoms with van der Waals surface area (Å²) in [6.07, 6.45) is 4.35. The number of hydrogen-bond acceptors (Lipinski definition) is 9. The van der Waals surface area contributed by atoms with Crippen LogP contribution in [0.15, 0.2) is 36.4 Å². The van der Waals surface area contributed by atoms with Gasteiger partial charge in [-0.1, -0.05) is 12.1 Å². The largest absolute Gasteiger partial charge is 0.508 e. The van der Waals surface area contributed by atoms with E-state index in [9.17, 15) is 9.50 Å². The number of ether oxygens (including phenoxy) is 3. The van der Waals surface area contributed by atoms with Crippen LogP contribution in [0.3, 0.4) is 0 Å². The molecule has 1 aromatic heterocycles. The number of piperazine rings is 1. The lowest BCUT2D eigenvalue weighted by atomic mass is 9.95. The predicted molar refractivity (Wildman–Crippen MR) is 169 cm³/mol. The van der Waals surface area contributed by atoms with Gasteiger partial charge in [-0.15, -0.1) is 0 Å². The van der Waals surface area contributed by atoms with Crippen molar-refractivity contribution >= 4 is 27.5 Å². The van der Waals surface area contributed by atoms with Gasteiger partial charge in [0.1, 0.15) is 17.1 Å². The molecule has 2 N–H and O–H groups in total. The van der Waals surface area contributed by atoms with E-state index in [0.29, 0.717) is 43.1 Å². The lowest BCUT2D eigenvalue weighted by Crippen LogP contribution is -2.51. The van der Waals surface area contributed by atoms with Crippen LogP contribution >= 0.6 is 0 Å². The van der Waals surface area contributed by atoms with Gasteiger partial charge in [-0.3, -0.25) is 4.90 Å². The Morgan fingerprint density at radius 1 is 0.894 bits per heavy atom. The van der Waals surface area contributed by atoms with E-state index in [-0.39, 0.29) is 56.8 Å². The van der Waals surface area contributed by atoms with Gasteiger partial charge in [0.05, 0.1) is 32.0 Å².